The van der Waals surface area contributed by atoms with E-state index in [9.17, 15) is 9.59 Å². The van der Waals surface area contributed by atoms with Gasteiger partial charge in [0.25, 0.3) is 0 Å². The third-order valence-corrected chi connectivity index (χ3v) is 6.59. The van der Waals surface area contributed by atoms with Gasteiger partial charge in [-0.25, -0.2) is 14.8 Å². The Morgan fingerprint density at radius 3 is 2.49 bits per heavy atom. The molecule has 0 saturated heterocycles. The zero-order valence-corrected chi connectivity index (χ0v) is 20.8. The van der Waals surface area contributed by atoms with Gasteiger partial charge in [0.1, 0.15) is 11.6 Å². The van der Waals surface area contributed by atoms with E-state index in [4.69, 9.17) is 9.72 Å². The van der Waals surface area contributed by atoms with Crippen LogP contribution in [0.15, 0.2) is 72.0 Å². The van der Waals surface area contributed by atoms with Crippen LogP contribution in [0.5, 0.6) is 0 Å². The van der Waals surface area contributed by atoms with Gasteiger partial charge in [0, 0.05) is 17.6 Å². The van der Waals surface area contributed by atoms with E-state index in [-0.39, 0.29) is 11.9 Å². The van der Waals surface area contributed by atoms with Crippen molar-refractivity contribution < 1.29 is 14.3 Å². The minimum atomic E-state index is -0.500. The second-order valence-corrected chi connectivity index (χ2v) is 9.04. The lowest BCUT2D eigenvalue weighted by Gasteiger charge is -2.19. The number of rotatable bonds is 9. The van der Waals surface area contributed by atoms with Crippen LogP contribution >= 0.6 is 11.8 Å². The number of aryl methyl sites for hydroxylation is 1. The Hall–Kier alpha value is -3.65. The van der Waals surface area contributed by atoms with E-state index >= 15 is 0 Å². The highest BCUT2D eigenvalue weighted by atomic mass is 32.2. The lowest BCUT2D eigenvalue weighted by atomic mass is 10.1. The predicted molar refractivity (Wildman–Crippen MR) is 139 cm³/mol. The average molecular weight is 489 g/mol. The van der Waals surface area contributed by atoms with E-state index in [1.54, 1.807) is 49.1 Å². The van der Waals surface area contributed by atoms with Crippen molar-refractivity contribution in [2.24, 2.45) is 0 Å². The monoisotopic (exact) mass is 488 g/mol. The molecule has 1 atom stereocenters. The van der Waals surface area contributed by atoms with Crippen molar-refractivity contribution in [3.05, 3.63) is 83.6 Å². The first kappa shape index (κ1) is 24.5. The number of nitrogens with zero attached hydrogens (tertiary/aromatic N) is 3. The molecule has 0 unspecified atom stereocenters. The highest BCUT2D eigenvalue weighted by Crippen LogP contribution is 2.31. The van der Waals surface area contributed by atoms with Crippen LogP contribution in [0.2, 0.25) is 0 Å². The molecule has 35 heavy (non-hydrogen) atoms. The fraction of sp³-hybridized carbons (Fsp3) is 0.259. The van der Waals surface area contributed by atoms with E-state index in [0.717, 1.165) is 16.4 Å². The van der Waals surface area contributed by atoms with Gasteiger partial charge in [-0.05, 0) is 62.2 Å². The summed E-state index contributed by atoms with van der Waals surface area (Å²) >= 11 is 1.59. The number of hydrogen-bond donors (Lipinski definition) is 1. The molecule has 4 aromatic rings. The van der Waals surface area contributed by atoms with E-state index < -0.39 is 6.04 Å². The van der Waals surface area contributed by atoms with Gasteiger partial charge in [0.05, 0.1) is 12.2 Å². The van der Waals surface area contributed by atoms with Crippen molar-refractivity contribution in [2.75, 3.05) is 11.9 Å². The van der Waals surface area contributed by atoms with Crippen LogP contribution in [0.1, 0.15) is 47.8 Å². The fourth-order valence-corrected chi connectivity index (χ4v) is 4.74. The van der Waals surface area contributed by atoms with E-state index in [2.05, 4.69) is 41.5 Å². The topological polar surface area (TPSA) is 86.1 Å². The average Bonchev–Trinajstić information content (AvgIpc) is 3.23. The second-order valence-electron chi connectivity index (χ2n) is 8.10. The maximum absolute atomic E-state index is 13.4. The molecule has 0 saturated carbocycles. The summed E-state index contributed by atoms with van der Waals surface area (Å²) in [4.78, 5) is 34.6. The van der Waals surface area contributed by atoms with Crippen LogP contribution in [-0.4, -0.2) is 33.0 Å². The number of nitrogens with one attached hydrogen (secondary N) is 1. The molecule has 0 aliphatic heterocycles. The summed E-state index contributed by atoms with van der Waals surface area (Å²) in [5.74, 6) is 0.179. The normalized spacial score (nSPS) is 11.9. The molecule has 180 valence electrons. The van der Waals surface area contributed by atoms with Crippen LogP contribution in [0, 0.1) is 6.92 Å². The van der Waals surface area contributed by atoms with Gasteiger partial charge in [-0.1, -0.05) is 48.5 Å². The molecule has 0 aliphatic carbocycles. The van der Waals surface area contributed by atoms with Crippen molar-refractivity contribution in [1.82, 2.24) is 14.5 Å². The number of aromatic nitrogens is 3. The summed E-state index contributed by atoms with van der Waals surface area (Å²) in [5, 5.41) is 3.72. The lowest BCUT2D eigenvalue weighted by molar-refractivity contribution is -0.119. The third-order valence-electron chi connectivity index (χ3n) is 5.57. The first-order valence-corrected chi connectivity index (χ1v) is 12.6. The molecule has 0 spiro atoms. The Bertz CT molecular complexity index is 1320. The number of hydrogen-bond acceptors (Lipinski definition) is 6. The van der Waals surface area contributed by atoms with E-state index in [0.29, 0.717) is 29.9 Å². The van der Waals surface area contributed by atoms with Crippen molar-refractivity contribution in [1.29, 1.82) is 0 Å². The van der Waals surface area contributed by atoms with Crippen LogP contribution in [-0.2, 0) is 15.3 Å². The molecular weight excluding hydrogens is 460 g/mol. The molecule has 7 nitrogen and oxygen atoms in total. The third kappa shape index (κ3) is 5.71. The Labute approximate surface area is 208 Å². The van der Waals surface area contributed by atoms with Crippen LogP contribution in [0.25, 0.3) is 11.2 Å². The number of esters is 1. The number of anilines is 1. The smallest absolute Gasteiger partial charge is 0.338 e. The van der Waals surface area contributed by atoms with Crippen molar-refractivity contribution in [3.63, 3.8) is 0 Å². The van der Waals surface area contributed by atoms with E-state index in [1.165, 1.54) is 11.1 Å². The molecule has 2 aromatic heterocycles. The van der Waals surface area contributed by atoms with Crippen molar-refractivity contribution >= 4 is 40.5 Å². The number of pyridine rings is 1. The van der Waals surface area contributed by atoms with Gasteiger partial charge in [0.2, 0.25) is 5.91 Å². The number of carbonyl (C=O) groups is 2. The molecule has 2 aromatic carbocycles. The van der Waals surface area contributed by atoms with Crippen LogP contribution in [0.4, 0.5) is 5.69 Å². The lowest BCUT2D eigenvalue weighted by Crippen LogP contribution is -2.26. The minimum Gasteiger partial charge on any atom is -0.462 e. The molecule has 0 bridgehead atoms. The summed E-state index contributed by atoms with van der Waals surface area (Å²) < 4.78 is 6.95. The van der Waals surface area contributed by atoms with Crippen molar-refractivity contribution in [3.8, 4) is 0 Å². The number of amides is 1. The van der Waals surface area contributed by atoms with E-state index in [1.807, 2.05) is 23.6 Å². The first-order chi connectivity index (χ1) is 17.0. The maximum Gasteiger partial charge on any atom is 0.338 e. The number of ether oxygens (including phenoxy) is 1. The first-order valence-electron chi connectivity index (χ1n) is 11.6. The standard InChI is InChI=1S/C27H28N4O3S/c1-4-23(25(32)29-21-14-12-20(13-15-21)26(33)34-5-2)31-24-22(7-6-16-28-24)30-27(31)35-17-19-10-8-18(3)9-11-19/h6-16,23H,4-5,17H2,1-3H3,(H,29,32)/t23-/m0/s1. The number of fused-ring (bicyclic) bond motifs is 1. The zero-order valence-electron chi connectivity index (χ0n) is 20.0. The molecule has 1 amide bonds. The zero-order chi connectivity index (χ0) is 24.8. The molecule has 2 heterocycles. The van der Waals surface area contributed by atoms with Gasteiger partial charge in [0.15, 0.2) is 10.8 Å². The maximum atomic E-state index is 13.4. The SMILES string of the molecule is CCOC(=O)c1ccc(NC(=O)[C@H](CC)n2c(SCc3ccc(C)cc3)nc3cccnc32)cc1. The highest BCUT2D eigenvalue weighted by molar-refractivity contribution is 7.98. The largest absolute Gasteiger partial charge is 0.462 e. The summed E-state index contributed by atoms with van der Waals surface area (Å²) in [5.41, 5.74) is 4.88. The molecule has 0 aliphatic rings. The number of imidazole rings is 1. The summed E-state index contributed by atoms with van der Waals surface area (Å²) in [6.45, 7) is 6.11. The van der Waals surface area contributed by atoms with Gasteiger partial charge in [-0.3, -0.25) is 9.36 Å². The van der Waals surface area contributed by atoms with Gasteiger partial charge in [-0.15, -0.1) is 0 Å². The summed E-state index contributed by atoms with van der Waals surface area (Å²) in [6.07, 6.45) is 2.28. The van der Waals surface area contributed by atoms with Crippen molar-refractivity contribution in [2.45, 2.75) is 44.1 Å². The molecule has 4 rings (SSSR count). The Balaban J connectivity index is 1.58. The van der Waals surface area contributed by atoms with Gasteiger partial charge < -0.3 is 10.1 Å². The summed E-state index contributed by atoms with van der Waals surface area (Å²) in [7, 11) is 0. The number of carbonyl (C=O) groups excluding carboxylic acids is 2. The number of benzene rings is 2. The molecule has 8 heteroatoms. The molecule has 1 N–H and O–H groups in total. The highest BCUT2D eigenvalue weighted by Gasteiger charge is 2.25. The molecule has 0 fully saturated rings. The Kier molecular flexibility index (Phi) is 7.82. The fourth-order valence-electron chi connectivity index (χ4n) is 3.74. The number of thioether (sulfide) groups is 1. The minimum absolute atomic E-state index is 0.168. The van der Waals surface area contributed by atoms with Crippen LogP contribution in [0.3, 0.4) is 0 Å². The quantitative estimate of drug-likeness (QED) is 0.237. The predicted octanol–water partition coefficient (Wildman–Crippen LogP) is 5.80. The molecule has 0 radical (unpaired) electrons. The molecular formula is C27H28N4O3S. The Morgan fingerprint density at radius 2 is 1.80 bits per heavy atom. The second kappa shape index (κ2) is 11.2. The van der Waals surface area contributed by atoms with Crippen LogP contribution < -0.4 is 5.32 Å². The Morgan fingerprint density at radius 1 is 1.06 bits per heavy atom. The van der Waals surface area contributed by atoms with Gasteiger partial charge in [-0.2, -0.15) is 0 Å². The summed E-state index contributed by atoms with van der Waals surface area (Å²) in [6, 6.07) is 18.4. The van der Waals surface area contributed by atoms with Gasteiger partial charge >= 0.3 is 5.97 Å².